The number of nitrogens with two attached hydrogens (primary N) is 1. The van der Waals surface area contributed by atoms with Gasteiger partial charge in [-0.3, -0.25) is 0 Å². The Balaban J connectivity index is 2.92. The second-order valence-electron chi connectivity index (χ2n) is 2.37. The summed E-state index contributed by atoms with van der Waals surface area (Å²) in [5.41, 5.74) is 5.08. The molecule has 0 saturated carbocycles. The van der Waals surface area contributed by atoms with Gasteiger partial charge in [-0.1, -0.05) is 0 Å². The molecular formula is C7H6F4N2O. The average Bonchev–Trinajstić information content (AvgIpc) is 1.99. The molecule has 0 spiro atoms. The highest BCUT2D eigenvalue weighted by Gasteiger charge is 2.32. The fourth-order valence-electron chi connectivity index (χ4n) is 0.800. The minimum absolute atomic E-state index is 0.00995. The van der Waals surface area contributed by atoms with Crippen molar-refractivity contribution in [2.75, 3.05) is 0 Å². The van der Waals surface area contributed by atoms with Gasteiger partial charge in [-0.2, -0.15) is 0 Å². The Kier molecular flexibility index (Phi) is 2.90. The summed E-state index contributed by atoms with van der Waals surface area (Å²) < 4.78 is 51.1. The van der Waals surface area contributed by atoms with Gasteiger partial charge in [0.15, 0.2) is 0 Å². The molecule has 0 fully saturated rings. The number of hydrogen-bond acceptors (Lipinski definition) is 3. The first-order valence-electron chi connectivity index (χ1n) is 3.53. The minimum atomic E-state index is -4.88. The molecule has 1 rings (SSSR count). The second kappa shape index (κ2) is 3.79. The Labute approximate surface area is 76.5 Å². The molecule has 0 amide bonds. The van der Waals surface area contributed by atoms with E-state index in [1.165, 1.54) is 0 Å². The fraction of sp³-hybridized carbons (Fsp3) is 0.286. The number of hydrogen-bond donors (Lipinski definition) is 1. The molecular weight excluding hydrogens is 204 g/mol. The molecule has 0 aliphatic heterocycles. The van der Waals surface area contributed by atoms with Gasteiger partial charge in [0, 0.05) is 12.6 Å². The van der Waals surface area contributed by atoms with Crippen LogP contribution in [0.2, 0.25) is 0 Å². The summed E-state index contributed by atoms with van der Waals surface area (Å²) in [7, 11) is 0. The van der Waals surface area contributed by atoms with Crippen LogP contribution in [-0.2, 0) is 6.54 Å². The molecule has 2 N–H and O–H groups in total. The highest BCUT2D eigenvalue weighted by molar-refractivity contribution is 5.17. The van der Waals surface area contributed by atoms with Crippen molar-refractivity contribution in [3.8, 4) is 5.88 Å². The predicted molar refractivity (Wildman–Crippen MR) is 38.8 cm³/mol. The predicted octanol–water partition coefficient (Wildman–Crippen LogP) is 1.58. The molecule has 0 bridgehead atoms. The zero-order valence-electron chi connectivity index (χ0n) is 6.81. The molecule has 0 aliphatic rings. The van der Waals surface area contributed by atoms with Gasteiger partial charge in [-0.05, 0) is 6.07 Å². The first kappa shape index (κ1) is 10.7. The van der Waals surface area contributed by atoms with E-state index >= 15 is 0 Å². The van der Waals surface area contributed by atoms with E-state index in [0.29, 0.717) is 6.07 Å². The van der Waals surface area contributed by atoms with Crippen LogP contribution in [0.15, 0.2) is 12.1 Å². The van der Waals surface area contributed by atoms with E-state index in [9.17, 15) is 17.6 Å². The standard InChI is InChI=1S/C7H6F4N2O/c8-4-1-5(3-12)13-6(2-4)14-7(9,10)11/h1-2H,3,12H2. The first-order chi connectivity index (χ1) is 6.40. The molecule has 78 valence electrons. The normalized spacial score (nSPS) is 11.5. The Bertz CT molecular complexity index is 326. The van der Waals surface area contributed by atoms with Crippen molar-refractivity contribution in [3.63, 3.8) is 0 Å². The van der Waals surface area contributed by atoms with E-state index in [0.717, 1.165) is 6.07 Å². The average molecular weight is 210 g/mol. The number of halogens is 4. The lowest BCUT2D eigenvalue weighted by atomic mass is 10.3. The Morgan fingerprint density at radius 3 is 2.50 bits per heavy atom. The van der Waals surface area contributed by atoms with Crippen molar-refractivity contribution >= 4 is 0 Å². The number of ether oxygens (including phenoxy) is 1. The Hall–Kier alpha value is -1.37. The zero-order chi connectivity index (χ0) is 10.8. The molecule has 0 aliphatic carbocycles. The maximum Gasteiger partial charge on any atom is 0.574 e. The van der Waals surface area contributed by atoms with Gasteiger partial charge < -0.3 is 10.5 Å². The number of rotatable bonds is 2. The molecule has 14 heavy (non-hydrogen) atoms. The summed E-state index contributed by atoms with van der Waals surface area (Å²) in [6, 6.07) is 1.47. The fourth-order valence-corrected chi connectivity index (χ4v) is 0.800. The van der Waals surface area contributed by atoms with E-state index < -0.39 is 18.1 Å². The number of nitrogens with zero attached hydrogens (tertiary/aromatic N) is 1. The SMILES string of the molecule is NCc1cc(F)cc(OC(F)(F)F)n1. The van der Waals surface area contributed by atoms with Crippen molar-refractivity contribution in [3.05, 3.63) is 23.6 Å². The van der Waals surface area contributed by atoms with Crippen LogP contribution in [0.3, 0.4) is 0 Å². The van der Waals surface area contributed by atoms with Gasteiger partial charge in [0.25, 0.3) is 0 Å². The molecule has 1 aromatic heterocycles. The number of pyridine rings is 1. The largest absolute Gasteiger partial charge is 0.574 e. The van der Waals surface area contributed by atoms with Crippen LogP contribution >= 0.6 is 0 Å². The quantitative estimate of drug-likeness (QED) is 0.754. The van der Waals surface area contributed by atoms with E-state index in [-0.39, 0.29) is 12.2 Å². The lowest BCUT2D eigenvalue weighted by molar-refractivity contribution is -0.276. The van der Waals surface area contributed by atoms with E-state index in [1.54, 1.807) is 0 Å². The monoisotopic (exact) mass is 210 g/mol. The second-order valence-corrected chi connectivity index (χ2v) is 2.37. The van der Waals surface area contributed by atoms with Crippen molar-refractivity contribution in [2.24, 2.45) is 5.73 Å². The lowest BCUT2D eigenvalue weighted by Crippen LogP contribution is -2.18. The molecule has 0 saturated heterocycles. The maximum absolute atomic E-state index is 12.6. The topological polar surface area (TPSA) is 48.1 Å². The van der Waals surface area contributed by atoms with Gasteiger partial charge in [0.1, 0.15) is 5.82 Å². The minimum Gasteiger partial charge on any atom is -0.388 e. The van der Waals surface area contributed by atoms with Gasteiger partial charge >= 0.3 is 6.36 Å². The molecule has 3 nitrogen and oxygen atoms in total. The summed E-state index contributed by atoms with van der Waals surface area (Å²) in [6.07, 6.45) is -4.88. The number of aromatic nitrogens is 1. The highest BCUT2D eigenvalue weighted by atomic mass is 19.4. The summed E-state index contributed by atoms with van der Waals surface area (Å²) in [5, 5.41) is 0. The van der Waals surface area contributed by atoms with Crippen LogP contribution in [-0.4, -0.2) is 11.3 Å². The third kappa shape index (κ3) is 3.17. The Morgan fingerprint density at radius 1 is 1.36 bits per heavy atom. The molecule has 0 radical (unpaired) electrons. The molecule has 0 unspecified atom stereocenters. The van der Waals surface area contributed by atoms with Gasteiger partial charge in [0.05, 0.1) is 5.69 Å². The zero-order valence-corrected chi connectivity index (χ0v) is 6.81. The van der Waals surface area contributed by atoms with Gasteiger partial charge in [0.2, 0.25) is 5.88 Å². The summed E-state index contributed by atoms with van der Waals surface area (Å²) in [4.78, 5) is 3.33. The van der Waals surface area contributed by atoms with E-state index in [4.69, 9.17) is 5.73 Å². The third-order valence-electron chi connectivity index (χ3n) is 1.25. The van der Waals surface area contributed by atoms with Crippen LogP contribution in [0.25, 0.3) is 0 Å². The van der Waals surface area contributed by atoms with Crippen LogP contribution < -0.4 is 10.5 Å². The smallest absolute Gasteiger partial charge is 0.388 e. The summed E-state index contributed by atoms with van der Waals surface area (Å²) in [5.74, 6) is -1.72. The molecule has 1 heterocycles. The van der Waals surface area contributed by atoms with E-state index in [1.807, 2.05) is 0 Å². The van der Waals surface area contributed by atoms with Gasteiger partial charge in [-0.15, -0.1) is 13.2 Å². The van der Waals surface area contributed by atoms with Crippen molar-refractivity contribution in [1.29, 1.82) is 0 Å². The summed E-state index contributed by atoms with van der Waals surface area (Å²) in [6.45, 7) is -0.161. The third-order valence-corrected chi connectivity index (χ3v) is 1.25. The summed E-state index contributed by atoms with van der Waals surface area (Å²) >= 11 is 0. The van der Waals surface area contributed by atoms with Crippen LogP contribution in [0, 0.1) is 5.82 Å². The first-order valence-corrected chi connectivity index (χ1v) is 3.53. The molecule has 0 atom stereocenters. The van der Waals surface area contributed by atoms with Crippen molar-refractivity contribution in [1.82, 2.24) is 4.98 Å². The van der Waals surface area contributed by atoms with E-state index in [2.05, 4.69) is 9.72 Å². The van der Waals surface area contributed by atoms with Crippen LogP contribution in [0.4, 0.5) is 17.6 Å². The molecule has 7 heteroatoms. The lowest BCUT2D eigenvalue weighted by Gasteiger charge is -2.08. The van der Waals surface area contributed by atoms with Crippen molar-refractivity contribution in [2.45, 2.75) is 12.9 Å². The van der Waals surface area contributed by atoms with Crippen molar-refractivity contribution < 1.29 is 22.3 Å². The number of alkyl halides is 3. The maximum atomic E-state index is 12.6. The molecule has 1 aromatic rings. The molecule has 0 aromatic carbocycles. The van der Waals surface area contributed by atoms with Gasteiger partial charge in [-0.25, -0.2) is 9.37 Å². The Morgan fingerprint density at radius 2 is 2.00 bits per heavy atom. The highest BCUT2D eigenvalue weighted by Crippen LogP contribution is 2.21. The van der Waals surface area contributed by atoms with Crippen LogP contribution in [0.1, 0.15) is 5.69 Å². The van der Waals surface area contributed by atoms with Crippen LogP contribution in [0.5, 0.6) is 5.88 Å².